The lowest BCUT2D eigenvalue weighted by atomic mass is 9.77. The molecule has 14 heteroatoms. The number of hydrogen-bond donors (Lipinski definition) is 0. The van der Waals surface area contributed by atoms with Gasteiger partial charge in [0.05, 0.1) is 26.5 Å². The molecule has 0 bridgehead atoms. The molecule has 14 nitrogen and oxygen atoms in total. The average Bonchev–Trinajstić information content (AvgIpc) is 3.56. The highest BCUT2D eigenvalue weighted by Crippen LogP contribution is 2.45. The van der Waals surface area contributed by atoms with E-state index < -0.39 is 32.4 Å². The van der Waals surface area contributed by atoms with Crippen LogP contribution >= 0.6 is 0 Å². The number of allylic oxidation sites excluding steroid dienone is 1. The van der Waals surface area contributed by atoms with Crippen molar-refractivity contribution >= 4 is 34.8 Å². The summed E-state index contributed by atoms with van der Waals surface area (Å²) >= 11 is 0. The van der Waals surface area contributed by atoms with Crippen LogP contribution in [0.5, 0.6) is 0 Å². The van der Waals surface area contributed by atoms with Gasteiger partial charge in [-0.25, -0.2) is 5.01 Å². The van der Waals surface area contributed by atoms with Crippen LogP contribution in [0.3, 0.4) is 0 Å². The van der Waals surface area contributed by atoms with Crippen molar-refractivity contribution in [2.45, 2.75) is 38.8 Å². The highest BCUT2D eigenvalue weighted by molar-refractivity contribution is 6.09. The molecule has 2 aliphatic rings. The fourth-order valence-corrected chi connectivity index (χ4v) is 5.16. The minimum Gasteiger partial charge on any atom is -0.265 e. The minimum absolute atomic E-state index is 0.0370. The van der Waals surface area contributed by atoms with Crippen molar-refractivity contribution in [2.24, 2.45) is 11.0 Å². The maximum Gasteiger partial charge on any atom is 0.320 e. The number of nitrogens with zero attached hydrogens (tertiary/aromatic N) is 7. The average molecular weight is 546 g/mol. The SMILES string of the molecule is CCn1cc([N+](=O)[O-])c(C(=O)N2N=C3/C(=C/c4ccc([N+](=O)[O-])cc4)CCC[C@@H]3[C@H]2c2ccc([N+](=O)[O-])cc2)n1. The Balaban J connectivity index is 1.59. The summed E-state index contributed by atoms with van der Waals surface area (Å²) in [5.74, 6) is -1.03. The first-order chi connectivity index (χ1) is 19.2. The molecule has 1 aromatic heterocycles. The van der Waals surface area contributed by atoms with Crippen LogP contribution in [0.2, 0.25) is 0 Å². The zero-order valence-electron chi connectivity index (χ0n) is 21.2. The molecule has 5 rings (SSSR count). The molecule has 0 radical (unpaired) electrons. The summed E-state index contributed by atoms with van der Waals surface area (Å²) < 4.78 is 1.31. The lowest BCUT2D eigenvalue weighted by Gasteiger charge is -2.29. The molecule has 3 aromatic rings. The number of fused-ring (bicyclic) bond motifs is 1. The second kappa shape index (κ2) is 10.5. The van der Waals surface area contributed by atoms with Gasteiger partial charge >= 0.3 is 11.6 Å². The number of aryl methyl sites for hydroxylation is 1. The van der Waals surface area contributed by atoms with Crippen LogP contribution in [0.25, 0.3) is 6.08 Å². The molecule has 204 valence electrons. The molecule has 2 aromatic carbocycles. The maximum atomic E-state index is 13.8. The molecule has 0 spiro atoms. The molecule has 1 saturated carbocycles. The third-order valence-electron chi connectivity index (χ3n) is 7.07. The number of non-ortho nitro benzene ring substituents is 2. The van der Waals surface area contributed by atoms with E-state index in [2.05, 4.69) is 10.2 Å². The summed E-state index contributed by atoms with van der Waals surface area (Å²) in [5, 5.41) is 44.0. The number of aromatic nitrogens is 2. The summed E-state index contributed by atoms with van der Waals surface area (Å²) in [6.07, 6.45) is 5.13. The third-order valence-corrected chi connectivity index (χ3v) is 7.07. The van der Waals surface area contributed by atoms with Crippen molar-refractivity contribution in [2.75, 3.05) is 0 Å². The Morgan fingerprint density at radius 2 is 1.60 bits per heavy atom. The van der Waals surface area contributed by atoms with Gasteiger partial charge in [-0.15, -0.1) is 0 Å². The Bertz CT molecular complexity index is 1580. The van der Waals surface area contributed by atoms with Gasteiger partial charge in [0.15, 0.2) is 0 Å². The molecule has 2 heterocycles. The number of rotatable bonds is 7. The molecule has 0 unspecified atom stereocenters. The fourth-order valence-electron chi connectivity index (χ4n) is 5.16. The van der Waals surface area contributed by atoms with Crippen molar-refractivity contribution in [3.8, 4) is 0 Å². The number of benzene rings is 2. The fraction of sp³-hybridized carbons (Fsp3) is 0.269. The second-order valence-electron chi connectivity index (χ2n) is 9.42. The predicted molar refractivity (Wildman–Crippen MR) is 142 cm³/mol. The second-order valence-corrected chi connectivity index (χ2v) is 9.42. The molecule has 40 heavy (non-hydrogen) atoms. The zero-order valence-corrected chi connectivity index (χ0v) is 21.2. The summed E-state index contributed by atoms with van der Waals surface area (Å²) in [6, 6.07) is 11.2. The van der Waals surface area contributed by atoms with E-state index in [1.807, 2.05) is 6.08 Å². The molecule has 1 fully saturated rings. The van der Waals surface area contributed by atoms with Crippen molar-refractivity contribution < 1.29 is 19.6 Å². The summed E-state index contributed by atoms with van der Waals surface area (Å²) in [4.78, 5) is 46.1. The van der Waals surface area contributed by atoms with Gasteiger partial charge in [-0.1, -0.05) is 12.1 Å². The Kier molecular flexibility index (Phi) is 6.90. The molecule has 1 aliphatic carbocycles. The van der Waals surface area contributed by atoms with E-state index in [0.29, 0.717) is 30.7 Å². The Morgan fingerprint density at radius 3 is 2.17 bits per heavy atom. The molecule has 1 aliphatic heterocycles. The summed E-state index contributed by atoms with van der Waals surface area (Å²) in [7, 11) is 0. The van der Waals surface area contributed by atoms with Crippen LogP contribution in [-0.4, -0.2) is 41.2 Å². The van der Waals surface area contributed by atoms with E-state index in [9.17, 15) is 35.1 Å². The smallest absolute Gasteiger partial charge is 0.265 e. The zero-order chi connectivity index (χ0) is 28.6. The van der Waals surface area contributed by atoms with Crippen molar-refractivity contribution in [3.63, 3.8) is 0 Å². The number of hydrogen-bond acceptors (Lipinski definition) is 9. The number of nitro groups is 3. The van der Waals surface area contributed by atoms with Crippen molar-refractivity contribution in [1.82, 2.24) is 14.8 Å². The van der Waals surface area contributed by atoms with Gasteiger partial charge in [-0.2, -0.15) is 10.2 Å². The van der Waals surface area contributed by atoms with Crippen molar-refractivity contribution in [1.29, 1.82) is 0 Å². The van der Waals surface area contributed by atoms with E-state index in [1.165, 1.54) is 40.2 Å². The normalized spacial score (nSPS) is 19.3. The van der Waals surface area contributed by atoms with Gasteiger partial charge in [-0.05, 0) is 61.1 Å². The van der Waals surface area contributed by atoms with Gasteiger partial charge in [0.1, 0.15) is 6.20 Å². The standard InChI is InChI=1S/C26H23N7O7/c1-2-29-15-22(33(39)40)24(27-29)26(34)30-25(17-8-12-20(13-9-17)32(37)38)21-5-3-4-18(23(21)28-30)14-16-6-10-19(11-7-16)31(35)36/h6-15,21,25H,2-5H2,1H3/b18-14+/t21-,25+/m0/s1. The Labute approximate surface area is 226 Å². The molecule has 2 atom stereocenters. The highest BCUT2D eigenvalue weighted by atomic mass is 16.6. The predicted octanol–water partition coefficient (Wildman–Crippen LogP) is 5.06. The quantitative estimate of drug-likeness (QED) is 0.291. The first-order valence-electron chi connectivity index (χ1n) is 12.5. The summed E-state index contributed by atoms with van der Waals surface area (Å²) in [5.41, 5.74) is 1.84. The molecule has 0 saturated heterocycles. The first-order valence-corrected chi connectivity index (χ1v) is 12.5. The summed E-state index contributed by atoms with van der Waals surface area (Å²) in [6.45, 7) is 2.06. The largest absolute Gasteiger partial charge is 0.320 e. The number of carbonyl (C=O) groups excluding carboxylic acids is 1. The highest BCUT2D eigenvalue weighted by Gasteiger charge is 2.46. The molecule has 1 amide bonds. The van der Waals surface area contributed by atoms with Crippen molar-refractivity contribution in [3.05, 3.63) is 107 Å². The van der Waals surface area contributed by atoms with Crippen LogP contribution in [0.1, 0.15) is 53.8 Å². The van der Waals surface area contributed by atoms with E-state index in [-0.39, 0.29) is 23.0 Å². The third kappa shape index (κ3) is 4.81. The van der Waals surface area contributed by atoms with E-state index in [0.717, 1.165) is 17.6 Å². The van der Waals surface area contributed by atoms with Crippen LogP contribution < -0.4 is 0 Å². The molecule has 0 N–H and O–H groups in total. The first kappa shape index (κ1) is 26.3. The Morgan fingerprint density at radius 1 is 0.975 bits per heavy atom. The van der Waals surface area contributed by atoms with Gasteiger partial charge in [0.25, 0.3) is 11.4 Å². The Hall–Kier alpha value is -5.27. The van der Waals surface area contributed by atoms with Crippen LogP contribution in [0.4, 0.5) is 17.1 Å². The van der Waals surface area contributed by atoms with Gasteiger partial charge < -0.3 is 0 Å². The number of amides is 1. The topological polar surface area (TPSA) is 180 Å². The van der Waals surface area contributed by atoms with Crippen LogP contribution in [0.15, 0.2) is 65.4 Å². The van der Waals surface area contributed by atoms with E-state index in [4.69, 9.17) is 0 Å². The number of hydrazone groups is 1. The maximum absolute atomic E-state index is 13.8. The van der Waals surface area contributed by atoms with Gasteiger partial charge in [0, 0.05) is 36.7 Å². The molecular weight excluding hydrogens is 522 g/mol. The van der Waals surface area contributed by atoms with Crippen LogP contribution in [0, 0.1) is 36.3 Å². The minimum atomic E-state index is -0.751. The monoisotopic (exact) mass is 545 g/mol. The van der Waals surface area contributed by atoms with E-state index >= 15 is 0 Å². The lowest BCUT2D eigenvalue weighted by molar-refractivity contribution is -0.385. The molecular formula is C26H23N7O7. The van der Waals surface area contributed by atoms with Gasteiger partial charge in [0.2, 0.25) is 5.69 Å². The van der Waals surface area contributed by atoms with E-state index in [1.54, 1.807) is 31.2 Å². The van der Waals surface area contributed by atoms with Crippen LogP contribution in [-0.2, 0) is 6.54 Å². The lowest BCUT2D eigenvalue weighted by Crippen LogP contribution is -2.32. The number of nitro benzene ring substituents is 2. The number of carbonyl (C=O) groups is 1. The van der Waals surface area contributed by atoms with Gasteiger partial charge in [-0.3, -0.25) is 39.8 Å².